The minimum absolute atomic E-state index is 0.558. The van der Waals surface area contributed by atoms with Crippen LogP contribution in [0.2, 0.25) is 0 Å². The lowest BCUT2D eigenvalue weighted by atomic mass is 10.2. The van der Waals surface area contributed by atoms with E-state index < -0.39 is 10.0 Å². The Bertz CT molecular complexity index is 654. The van der Waals surface area contributed by atoms with Gasteiger partial charge in [-0.3, -0.25) is 4.72 Å². The van der Waals surface area contributed by atoms with Crippen LogP contribution in [-0.2, 0) is 10.0 Å². The Balaban J connectivity index is 2.29. The molecule has 4 nitrogen and oxygen atoms in total. The van der Waals surface area contributed by atoms with E-state index in [4.69, 9.17) is 0 Å². The second-order valence-electron chi connectivity index (χ2n) is 4.32. The summed E-state index contributed by atoms with van der Waals surface area (Å²) in [6.45, 7) is 0. The van der Waals surface area contributed by atoms with Crippen molar-refractivity contribution in [2.75, 3.05) is 22.9 Å². The van der Waals surface area contributed by atoms with Crippen LogP contribution >= 0.6 is 0 Å². The second-order valence-corrected chi connectivity index (χ2v) is 6.07. The molecular weight excluding hydrogens is 260 g/mol. The van der Waals surface area contributed by atoms with E-state index in [0.717, 1.165) is 17.6 Å². The van der Waals surface area contributed by atoms with Crippen molar-refractivity contribution >= 4 is 27.1 Å². The van der Waals surface area contributed by atoms with Crippen LogP contribution < -0.4 is 9.62 Å². The number of hydrogen-bond acceptors (Lipinski definition) is 3. The van der Waals surface area contributed by atoms with Crippen molar-refractivity contribution in [1.29, 1.82) is 0 Å². The topological polar surface area (TPSA) is 49.4 Å². The third-order valence-corrected chi connectivity index (χ3v) is 3.29. The summed E-state index contributed by atoms with van der Waals surface area (Å²) >= 11 is 0. The van der Waals surface area contributed by atoms with Gasteiger partial charge in [0.25, 0.3) is 0 Å². The summed E-state index contributed by atoms with van der Waals surface area (Å²) in [6.07, 6.45) is 1.14. The zero-order chi connectivity index (χ0) is 13.9. The summed E-state index contributed by atoms with van der Waals surface area (Å²) in [5.41, 5.74) is 2.52. The van der Waals surface area contributed by atoms with Gasteiger partial charge in [0.05, 0.1) is 11.9 Å². The van der Waals surface area contributed by atoms with Crippen LogP contribution in [0.25, 0.3) is 0 Å². The van der Waals surface area contributed by atoms with Crippen LogP contribution in [-0.4, -0.2) is 21.7 Å². The standard InChI is InChI=1S/C14H16N2O2S/c1-16(13-8-4-3-5-9-13)14-10-6-7-12(11-14)15-19(2,17)18/h3-11,15H,1-2H3. The molecule has 5 heteroatoms. The molecule has 0 heterocycles. The van der Waals surface area contributed by atoms with Gasteiger partial charge in [0.1, 0.15) is 0 Å². The van der Waals surface area contributed by atoms with Gasteiger partial charge in [-0.05, 0) is 30.3 Å². The zero-order valence-electron chi connectivity index (χ0n) is 10.9. The average Bonchev–Trinajstić information content (AvgIpc) is 2.37. The summed E-state index contributed by atoms with van der Waals surface area (Å²) in [5, 5.41) is 0. The smallest absolute Gasteiger partial charge is 0.229 e. The predicted octanol–water partition coefficient (Wildman–Crippen LogP) is 2.83. The molecule has 0 aromatic heterocycles. The highest BCUT2D eigenvalue weighted by molar-refractivity contribution is 7.92. The Morgan fingerprint density at radius 3 is 2.21 bits per heavy atom. The molecule has 0 spiro atoms. The van der Waals surface area contributed by atoms with Crippen LogP contribution in [0.1, 0.15) is 0 Å². The minimum Gasteiger partial charge on any atom is -0.345 e. The second kappa shape index (κ2) is 5.32. The fraction of sp³-hybridized carbons (Fsp3) is 0.143. The molecule has 2 aromatic rings. The Morgan fingerprint density at radius 1 is 0.947 bits per heavy atom. The number of benzene rings is 2. The summed E-state index contributed by atoms with van der Waals surface area (Å²) in [7, 11) is -1.31. The first kappa shape index (κ1) is 13.4. The molecule has 0 unspecified atom stereocenters. The van der Waals surface area contributed by atoms with E-state index >= 15 is 0 Å². The van der Waals surface area contributed by atoms with Gasteiger partial charge >= 0.3 is 0 Å². The fourth-order valence-corrected chi connectivity index (χ4v) is 2.35. The molecule has 2 rings (SSSR count). The largest absolute Gasteiger partial charge is 0.345 e. The monoisotopic (exact) mass is 276 g/mol. The van der Waals surface area contributed by atoms with E-state index in [2.05, 4.69) is 4.72 Å². The third kappa shape index (κ3) is 3.72. The first-order valence-corrected chi connectivity index (χ1v) is 7.71. The van der Waals surface area contributed by atoms with Crippen molar-refractivity contribution in [3.63, 3.8) is 0 Å². The van der Waals surface area contributed by atoms with Crippen LogP contribution in [0, 0.1) is 0 Å². The van der Waals surface area contributed by atoms with Gasteiger partial charge < -0.3 is 4.90 Å². The van der Waals surface area contributed by atoms with E-state index in [-0.39, 0.29) is 0 Å². The minimum atomic E-state index is -3.25. The third-order valence-electron chi connectivity index (χ3n) is 2.68. The van der Waals surface area contributed by atoms with Gasteiger partial charge in [0.15, 0.2) is 0 Å². The van der Waals surface area contributed by atoms with E-state index in [1.54, 1.807) is 12.1 Å². The number of nitrogens with one attached hydrogen (secondary N) is 1. The summed E-state index contributed by atoms with van der Waals surface area (Å²) in [5.74, 6) is 0. The lowest BCUT2D eigenvalue weighted by Gasteiger charge is -2.20. The summed E-state index contributed by atoms with van der Waals surface area (Å²) in [4.78, 5) is 1.99. The lowest BCUT2D eigenvalue weighted by molar-refractivity contribution is 0.607. The molecule has 1 N–H and O–H groups in total. The zero-order valence-corrected chi connectivity index (χ0v) is 11.7. The van der Waals surface area contributed by atoms with Crippen molar-refractivity contribution in [2.45, 2.75) is 0 Å². The first-order valence-electron chi connectivity index (χ1n) is 5.82. The van der Waals surface area contributed by atoms with Gasteiger partial charge in [-0.15, -0.1) is 0 Å². The summed E-state index contributed by atoms with van der Waals surface area (Å²) < 4.78 is 24.9. The van der Waals surface area contributed by atoms with E-state index in [0.29, 0.717) is 5.69 Å². The van der Waals surface area contributed by atoms with Crippen molar-refractivity contribution in [3.05, 3.63) is 54.6 Å². The molecule has 0 aliphatic heterocycles. The SMILES string of the molecule is CN(c1ccccc1)c1cccc(NS(C)(=O)=O)c1. The van der Waals surface area contributed by atoms with Crippen LogP contribution in [0.3, 0.4) is 0 Å². The number of para-hydroxylation sites is 1. The van der Waals surface area contributed by atoms with Crippen molar-refractivity contribution in [1.82, 2.24) is 0 Å². The molecule has 0 amide bonds. The highest BCUT2D eigenvalue weighted by atomic mass is 32.2. The van der Waals surface area contributed by atoms with Crippen molar-refractivity contribution < 1.29 is 8.42 Å². The maximum atomic E-state index is 11.2. The van der Waals surface area contributed by atoms with Gasteiger partial charge in [-0.25, -0.2) is 8.42 Å². The first-order chi connectivity index (χ1) is 8.96. The van der Waals surface area contributed by atoms with E-state index in [9.17, 15) is 8.42 Å². The Hall–Kier alpha value is -2.01. The Kier molecular flexibility index (Phi) is 3.76. The summed E-state index contributed by atoms with van der Waals surface area (Å²) in [6, 6.07) is 17.2. The molecule has 0 saturated heterocycles. The normalized spacial score (nSPS) is 11.1. The van der Waals surface area contributed by atoms with Crippen LogP contribution in [0.4, 0.5) is 17.1 Å². The molecule has 19 heavy (non-hydrogen) atoms. The predicted molar refractivity (Wildman–Crippen MR) is 79.4 cm³/mol. The molecule has 0 fully saturated rings. The average molecular weight is 276 g/mol. The molecule has 0 bridgehead atoms. The molecule has 100 valence electrons. The number of sulfonamides is 1. The number of anilines is 3. The number of nitrogens with zero attached hydrogens (tertiary/aromatic N) is 1. The highest BCUT2D eigenvalue weighted by Gasteiger charge is 2.06. The van der Waals surface area contributed by atoms with Crippen LogP contribution in [0.15, 0.2) is 54.6 Å². The fourth-order valence-electron chi connectivity index (χ4n) is 1.79. The molecular formula is C14H16N2O2S. The molecule has 0 saturated carbocycles. The van der Waals surface area contributed by atoms with E-state index in [1.165, 1.54) is 0 Å². The Morgan fingerprint density at radius 2 is 1.58 bits per heavy atom. The molecule has 0 aliphatic carbocycles. The number of hydrogen-bond donors (Lipinski definition) is 1. The highest BCUT2D eigenvalue weighted by Crippen LogP contribution is 2.25. The van der Waals surface area contributed by atoms with Gasteiger partial charge in [0, 0.05) is 18.4 Å². The maximum Gasteiger partial charge on any atom is 0.229 e. The quantitative estimate of drug-likeness (QED) is 0.934. The van der Waals surface area contributed by atoms with Gasteiger partial charge in [0.2, 0.25) is 10.0 Å². The molecule has 0 atom stereocenters. The molecule has 0 radical (unpaired) electrons. The van der Waals surface area contributed by atoms with Gasteiger partial charge in [-0.1, -0.05) is 24.3 Å². The molecule has 2 aromatic carbocycles. The van der Waals surface area contributed by atoms with Crippen LogP contribution in [0.5, 0.6) is 0 Å². The van der Waals surface area contributed by atoms with E-state index in [1.807, 2.05) is 54.4 Å². The molecule has 0 aliphatic rings. The maximum absolute atomic E-state index is 11.2. The van der Waals surface area contributed by atoms with Crippen molar-refractivity contribution in [3.8, 4) is 0 Å². The number of rotatable bonds is 4. The lowest BCUT2D eigenvalue weighted by Crippen LogP contribution is -2.12. The Labute approximate surface area is 113 Å². The van der Waals surface area contributed by atoms with Gasteiger partial charge in [-0.2, -0.15) is 0 Å². The van der Waals surface area contributed by atoms with Crippen molar-refractivity contribution in [2.24, 2.45) is 0 Å².